The van der Waals surface area contributed by atoms with Gasteiger partial charge in [-0.25, -0.2) is 14.4 Å². The number of likely N-dealkylation sites (tertiary alicyclic amines) is 1. The molecule has 0 bridgehead atoms. The van der Waals surface area contributed by atoms with Gasteiger partial charge in [0, 0.05) is 74.6 Å². The molecule has 1 aromatic carbocycles. The first-order valence-electron chi connectivity index (χ1n) is 15.3. The van der Waals surface area contributed by atoms with E-state index in [1.807, 2.05) is 17.5 Å². The standard InChI is InChI=1S/C32H35ClFN7O3S/c33-25-15-36-28(14-24(25)27-17-45-31(39-27)37-19-32(18-35)7-11-44-12-8-32)38-21-5-9-41(10-6-21)16-20-1-2-22(26(34)13-20)23-3-4-29(42)40-30(23)43/h1-2,13-15,17,21,23H,3-12,16,19H2,(H,36,38)(H,37,39)(H,40,42,43). The summed E-state index contributed by atoms with van der Waals surface area (Å²) in [6, 6.07) is 9.68. The van der Waals surface area contributed by atoms with E-state index in [0.717, 1.165) is 53.7 Å². The van der Waals surface area contributed by atoms with Gasteiger partial charge in [0.05, 0.1) is 28.1 Å². The summed E-state index contributed by atoms with van der Waals surface area (Å²) >= 11 is 8.01. The van der Waals surface area contributed by atoms with Crippen LogP contribution in [-0.4, -0.2) is 65.6 Å². The number of nitrogens with one attached hydrogen (secondary N) is 3. The lowest BCUT2D eigenvalue weighted by atomic mass is 9.82. The molecule has 10 nitrogen and oxygen atoms in total. The molecule has 3 saturated heterocycles. The smallest absolute Gasteiger partial charge is 0.234 e. The number of halogens is 2. The zero-order chi connectivity index (χ0) is 31.4. The number of imide groups is 1. The maximum atomic E-state index is 15.0. The largest absolute Gasteiger partial charge is 0.381 e. The Morgan fingerprint density at radius 2 is 2.00 bits per heavy atom. The molecule has 3 fully saturated rings. The second-order valence-electron chi connectivity index (χ2n) is 12.0. The summed E-state index contributed by atoms with van der Waals surface area (Å²) in [4.78, 5) is 35.2. The molecule has 2 amide bonds. The lowest BCUT2D eigenvalue weighted by molar-refractivity contribution is -0.134. The molecule has 2 aromatic heterocycles. The first-order chi connectivity index (χ1) is 21.8. The summed E-state index contributed by atoms with van der Waals surface area (Å²) in [6.07, 6.45) is 5.39. The lowest BCUT2D eigenvalue weighted by Crippen LogP contribution is -2.40. The van der Waals surface area contributed by atoms with Crippen LogP contribution < -0.4 is 16.0 Å². The normalized spacial score (nSPS) is 20.8. The van der Waals surface area contributed by atoms with Crippen LogP contribution in [0.4, 0.5) is 15.3 Å². The van der Waals surface area contributed by atoms with Crippen molar-refractivity contribution in [3.63, 3.8) is 0 Å². The number of aromatic nitrogens is 2. The zero-order valence-electron chi connectivity index (χ0n) is 24.8. The molecule has 0 saturated carbocycles. The summed E-state index contributed by atoms with van der Waals surface area (Å²) in [5.41, 5.74) is 2.30. The van der Waals surface area contributed by atoms with E-state index in [-0.39, 0.29) is 18.4 Å². The Labute approximate surface area is 270 Å². The van der Waals surface area contributed by atoms with Crippen LogP contribution in [0.15, 0.2) is 35.8 Å². The highest BCUT2D eigenvalue weighted by Crippen LogP contribution is 2.34. The molecule has 3 aliphatic heterocycles. The van der Waals surface area contributed by atoms with Gasteiger partial charge in [-0.05, 0) is 49.8 Å². The van der Waals surface area contributed by atoms with E-state index in [2.05, 4.69) is 31.9 Å². The number of anilines is 2. The zero-order valence-corrected chi connectivity index (χ0v) is 26.4. The maximum absolute atomic E-state index is 15.0. The van der Waals surface area contributed by atoms with Gasteiger partial charge in [-0.15, -0.1) is 11.3 Å². The lowest BCUT2D eigenvalue weighted by Gasteiger charge is -2.32. The highest BCUT2D eigenvalue weighted by Gasteiger charge is 2.33. The number of pyridine rings is 1. The Morgan fingerprint density at radius 3 is 2.73 bits per heavy atom. The van der Waals surface area contributed by atoms with Gasteiger partial charge in [0.25, 0.3) is 0 Å². The number of nitriles is 1. The van der Waals surface area contributed by atoms with Crippen molar-refractivity contribution >= 4 is 45.7 Å². The van der Waals surface area contributed by atoms with Crippen LogP contribution >= 0.6 is 22.9 Å². The monoisotopic (exact) mass is 651 g/mol. The van der Waals surface area contributed by atoms with Crippen LogP contribution in [-0.2, 0) is 20.9 Å². The number of carbonyl (C=O) groups excluding carboxylic acids is 2. The second kappa shape index (κ2) is 13.8. The highest BCUT2D eigenvalue weighted by molar-refractivity contribution is 7.14. The van der Waals surface area contributed by atoms with E-state index in [4.69, 9.17) is 21.3 Å². The van der Waals surface area contributed by atoms with E-state index in [9.17, 15) is 19.2 Å². The van der Waals surface area contributed by atoms with Gasteiger partial charge in [-0.2, -0.15) is 5.26 Å². The first-order valence-corrected chi connectivity index (χ1v) is 16.5. The van der Waals surface area contributed by atoms with Crippen molar-refractivity contribution in [1.29, 1.82) is 5.26 Å². The Balaban J connectivity index is 1.01. The SMILES string of the molecule is N#CC1(CNc2nc(-c3cc(NC4CCN(Cc5ccc(C6CCC(=O)NC6=O)c(F)c5)CC4)ncc3Cl)cs2)CCOCC1. The molecule has 1 unspecified atom stereocenters. The van der Waals surface area contributed by atoms with Gasteiger partial charge < -0.3 is 15.4 Å². The van der Waals surface area contributed by atoms with E-state index >= 15 is 0 Å². The Hall–Kier alpha value is -3.63. The number of amides is 2. The molecule has 5 heterocycles. The number of carbonyl (C=O) groups is 2. The molecule has 0 radical (unpaired) electrons. The first kappa shape index (κ1) is 31.4. The van der Waals surface area contributed by atoms with Gasteiger partial charge >= 0.3 is 0 Å². The van der Waals surface area contributed by atoms with Crippen molar-refractivity contribution < 1.29 is 18.7 Å². The molecule has 1 atom stereocenters. The van der Waals surface area contributed by atoms with Crippen molar-refractivity contribution in [2.45, 2.75) is 57.0 Å². The molecule has 6 rings (SSSR count). The van der Waals surface area contributed by atoms with Crippen molar-refractivity contribution in [2.75, 3.05) is 43.5 Å². The fraction of sp³-hybridized carbons (Fsp3) is 0.469. The Bertz CT molecular complexity index is 1600. The third kappa shape index (κ3) is 7.44. The molecule has 3 aliphatic rings. The predicted octanol–water partition coefficient (Wildman–Crippen LogP) is 5.33. The quantitative estimate of drug-likeness (QED) is 0.263. The van der Waals surface area contributed by atoms with Crippen LogP contribution in [0.1, 0.15) is 55.6 Å². The topological polar surface area (TPSA) is 132 Å². The van der Waals surface area contributed by atoms with E-state index < -0.39 is 23.1 Å². The average molecular weight is 652 g/mol. The van der Waals surface area contributed by atoms with Crippen LogP contribution in [0.25, 0.3) is 11.3 Å². The Kier molecular flexibility index (Phi) is 9.61. The molecular weight excluding hydrogens is 617 g/mol. The minimum atomic E-state index is -0.631. The summed E-state index contributed by atoms with van der Waals surface area (Å²) in [7, 11) is 0. The van der Waals surface area contributed by atoms with Crippen LogP contribution in [0.3, 0.4) is 0 Å². The molecule has 236 valence electrons. The number of thiazole rings is 1. The van der Waals surface area contributed by atoms with Crippen LogP contribution in [0, 0.1) is 22.6 Å². The minimum absolute atomic E-state index is 0.220. The van der Waals surface area contributed by atoms with E-state index in [1.54, 1.807) is 12.3 Å². The predicted molar refractivity (Wildman–Crippen MR) is 170 cm³/mol. The molecular formula is C32H35ClFN7O3S. The number of ether oxygens (including phenoxy) is 1. The van der Waals surface area contributed by atoms with Crippen molar-refractivity contribution in [2.24, 2.45) is 5.41 Å². The van der Waals surface area contributed by atoms with Gasteiger partial charge in [0.1, 0.15) is 11.6 Å². The highest BCUT2D eigenvalue weighted by atomic mass is 35.5. The Morgan fingerprint density at radius 1 is 1.20 bits per heavy atom. The summed E-state index contributed by atoms with van der Waals surface area (Å²) in [6.45, 7) is 4.02. The maximum Gasteiger partial charge on any atom is 0.234 e. The molecule has 45 heavy (non-hydrogen) atoms. The molecule has 0 aliphatic carbocycles. The van der Waals surface area contributed by atoms with E-state index in [1.165, 1.54) is 17.4 Å². The minimum Gasteiger partial charge on any atom is -0.381 e. The molecule has 3 N–H and O–H groups in total. The number of rotatable bonds is 9. The van der Waals surface area contributed by atoms with Crippen molar-refractivity contribution in [1.82, 2.24) is 20.2 Å². The van der Waals surface area contributed by atoms with Gasteiger partial charge in [-0.1, -0.05) is 23.7 Å². The second-order valence-corrected chi connectivity index (χ2v) is 13.3. The number of nitrogens with zero attached hydrogens (tertiary/aromatic N) is 4. The number of piperidine rings is 2. The average Bonchev–Trinajstić information content (AvgIpc) is 3.52. The number of hydrogen-bond donors (Lipinski definition) is 3. The molecule has 0 spiro atoms. The summed E-state index contributed by atoms with van der Waals surface area (Å²) < 4.78 is 20.4. The number of benzene rings is 1. The summed E-state index contributed by atoms with van der Waals surface area (Å²) in [5.74, 6) is -1.05. The number of hydrogen-bond acceptors (Lipinski definition) is 10. The van der Waals surface area contributed by atoms with Gasteiger partial charge in [-0.3, -0.25) is 19.8 Å². The third-order valence-corrected chi connectivity index (χ3v) is 10.0. The van der Waals surface area contributed by atoms with Gasteiger partial charge in [0.2, 0.25) is 11.8 Å². The molecule has 3 aromatic rings. The van der Waals surface area contributed by atoms with Crippen molar-refractivity contribution in [3.8, 4) is 17.3 Å². The third-order valence-electron chi connectivity index (χ3n) is 8.93. The fourth-order valence-electron chi connectivity index (χ4n) is 6.17. The van der Waals surface area contributed by atoms with Crippen LogP contribution in [0.5, 0.6) is 0 Å². The van der Waals surface area contributed by atoms with Crippen LogP contribution in [0.2, 0.25) is 5.02 Å². The summed E-state index contributed by atoms with van der Waals surface area (Å²) in [5, 5.41) is 22.1. The van der Waals surface area contributed by atoms with Crippen molar-refractivity contribution in [3.05, 3.63) is 57.8 Å². The van der Waals surface area contributed by atoms with Gasteiger partial charge in [0.15, 0.2) is 5.13 Å². The van der Waals surface area contributed by atoms with E-state index in [0.29, 0.717) is 56.2 Å². The molecule has 13 heteroatoms. The fourth-order valence-corrected chi connectivity index (χ4v) is 7.08.